The molecule has 0 saturated carbocycles. The zero-order chi connectivity index (χ0) is 26.1. The van der Waals surface area contributed by atoms with E-state index in [1.54, 1.807) is 33.2 Å². The number of rotatable bonds is 8. The number of aldehydes is 1. The summed E-state index contributed by atoms with van der Waals surface area (Å²) < 4.78 is 92.1. The van der Waals surface area contributed by atoms with Crippen molar-refractivity contribution in [2.75, 3.05) is 11.1 Å². The SMILES string of the molecule is CCC(C)Oc1nc(-c2cc(N)c(F)c(F)c2C(F)(F)F)c(F)c(NCc2ccn(C)n2)c1C=O. The number of nitrogens with one attached hydrogen (secondary N) is 1. The first-order valence-corrected chi connectivity index (χ1v) is 10.3. The van der Waals surface area contributed by atoms with E-state index in [9.17, 15) is 26.7 Å². The molecular weight excluding hydrogens is 480 g/mol. The third-order valence-electron chi connectivity index (χ3n) is 5.13. The summed E-state index contributed by atoms with van der Waals surface area (Å²) in [7, 11) is 1.63. The quantitative estimate of drug-likeness (QED) is 0.253. The van der Waals surface area contributed by atoms with E-state index < -0.39 is 69.4 Å². The number of nitrogens with two attached hydrogens (primary N) is 1. The summed E-state index contributed by atoms with van der Waals surface area (Å²) >= 11 is 0. The fraction of sp³-hybridized carbons (Fsp3) is 0.318. The number of halogens is 6. The van der Waals surface area contributed by atoms with Crippen LogP contribution in [-0.4, -0.2) is 27.2 Å². The monoisotopic (exact) mass is 501 g/mol. The molecule has 0 fully saturated rings. The summed E-state index contributed by atoms with van der Waals surface area (Å²) in [5.41, 5.74) is -0.470. The van der Waals surface area contributed by atoms with Crippen molar-refractivity contribution in [3.63, 3.8) is 0 Å². The van der Waals surface area contributed by atoms with Crippen molar-refractivity contribution in [3.05, 3.63) is 52.6 Å². The van der Waals surface area contributed by atoms with Crippen molar-refractivity contribution < 1.29 is 35.9 Å². The summed E-state index contributed by atoms with van der Waals surface area (Å²) in [5, 5.41) is 6.72. The van der Waals surface area contributed by atoms with Crippen LogP contribution >= 0.6 is 0 Å². The van der Waals surface area contributed by atoms with E-state index in [1.807, 2.05) is 0 Å². The standard InChI is InChI=1S/C22H21F6N5O2/c1-4-10(2)35-21-13(9-34)19(30-8-11-5-6-33(3)32-11)18(25)20(31-21)12-7-14(29)16(23)17(24)15(12)22(26,27)28/h5-7,9-10H,4,8,29H2,1-3H3,(H,30,31). The molecule has 13 heteroatoms. The minimum Gasteiger partial charge on any atom is -0.474 e. The second-order valence-corrected chi connectivity index (χ2v) is 7.67. The number of aromatic nitrogens is 3. The van der Waals surface area contributed by atoms with Gasteiger partial charge in [-0.15, -0.1) is 0 Å². The lowest BCUT2D eigenvalue weighted by atomic mass is 9.99. The van der Waals surface area contributed by atoms with E-state index in [2.05, 4.69) is 15.4 Å². The number of nitrogen functional groups attached to an aromatic ring is 1. The van der Waals surface area contributed by atoms with E-state index in [0.717, 1.165) is 0 Å². The average Bonchev–Trinajstić information content (AvgIpc) is 3.20. The van der Waals surface area contributed by atoms with Gasteiger partial charge in [0.1, 0.15) is 16.8 Å². The van der Waals surface area contributed by atoms with Gasteiger partial charge in [-0.3, -0.25) is 9.48 Å². The number of hydrogen-bond acceptors (Lipinski definition) is 6. The van der Waals surface area contributed by atoms with Gasteiger partial charge in [-0.2, -0.15) is 18.3 Å². The molecule has 0 spiro atoms. The summed E-state index contributed by atoms with van der Waals surface area (Å²) in [4.78, 5) is 15.6. The molecule has 0 bridgehead atoms. The highest BCUT2D eigenvalue weighted by atomic mass is 19.4. The number of ether oxygens (including phenoxy) is 1. The minimum atomic E-state index is -5.43. The van der Waals surface area contributed by atoms with Crippen LogP contribution in [-0.2, 0) is 19.8 Å². The summed E-state index contributed by atoms with van der Waals surface area (Å²) in [6.07, 6.45) is -3.76. The lowest BCUT2D eigenvalue weighted by Crippen LogP contribution is -2.18. The Morgan fingerprint density at radius 3 is 2.46 bits per heavy atom. The average molecular weight is 501 g/mol. The van der Waals surface area contributed by atoms with Crippen molar-refractivity contribution >= 4 is 17.7 Å². The van der Waals surface area contributed by atoms with E-state index in [-0.39, 0.29) is 12.8 Å². The Balaban J connectivity index is 2.31. The molecule has 3 N–H and O–H groups in total. The van der Waals surface area contributed by atoms with Gasteiger partial charge >= 0.3 is 6.18 Å². The molecule has 0 aliphatic heterocycles. The van der Waals surface area contributed by atoms with Gasteiger partial charge in [0.2, 0.25) is 5.88 Å². The maximum atomic E-state index is 15.7. The zero-order valence-electron chi connectivity index (χ0n) is 18.8. The van der Waals surface area contributed by atoms with Gasteiger partial charge in [0, 0.05) is 18.8 Å². The number of hydrogen-bond donors (Lipinski definition) is 2. The Hall–Kier alpha value is -3.77. The van der Waals surface area contributed by atoms with E-state index in [4.69, 9.17) is 10.5 Å². The highest BCUT2D eigenvalue weighted by Crippen LogP contribution is 2.43. The number of pyridine rings is 1. The van der Waals surface area contributed by atoms with Crippen LogP contribution in [0.2, 0.25) is 0 Å². The third-order valence-corrected chi connectivity index (χ3v) is 5.13. The molecule has 0 aliphatic carbocycles. The Morgan fingerprint density at radius 1 is 1.23 bits per heavy atom. The Bertz CT molecular complexity index is 1260. The van der Waals surface area contributed by atoms with Gasteiger partial charge in [0.05, 0.1) is 29.7 Å². The maximum Gasteiger partial charge on any atom is 0.419 e. The predicted octanol–water partition coefficient (Wildman–Crippen LogP) is 5.10. The molecule has 7 nitrogen and oxygen atoms in total. The van der Waals surface area contributed by atoms with Crippen LogP contribution < -0.4 is 15.8 Å². The molecule has 0 radical (unpaired) electrons. The minimum absolute atomic E-state index is 0.128. The van der Waals surface area contributed by atoms with Gasteiger partial charge in [0.15, 0.2) is 23.7 Å². The predicted molar refractivity (Wildman–Crippen MR) is 115 cm³/mol. The number of aryl methyl sites for hydroxylation is 1. The zero-order valence-corrected chi connectivity index (χ0v) is 18.8. The number of carbonyl (C=O) groups is 1. The molecule has 3 rings (SSSR count). The largest absolute Gasteiger partial charge is 0.474 e. The topological polar surface area (TPSA) is 95.1 Å². The Kier molecular flexibility index (Phi) is 7.27. The van der Waals surface area contributed by atoms with Crippen molar-refractivity contribution in [2.45, 2.75) is 39.1 Å². The van der Waals surface area contributed by atoms with Crippen LogP contribution in [0.15, 0.2) is 18.3 Å². The van der Waals surface area contributed by atoms with Crippen molar-refractivity contribution in [1.29, 1.82) is 0 Å². The van der Waals surface area contributed by atoms with Crippen molar-refractivity contribution in [2.24, 2.45) is 7.05 Å². The van der Waals surface area contributed by atoms with E-state index in [1.165, 1.54) is 4.68 Å². The lowest BCUT2D eigenvalue weighted by Gasteiger charge is -2.21. The maximum absolute atomic E-state index is 15.7. The number of alkyl halides is 3. The smallest absolute Gasteiger partial charge is 0.419 e. The van der Waals surface area contributed by atoms with Crippen LogP contribution in [0.5, 0.6) is 5.88 Å². The number of anilines is 2. The normalized spacial score (nSPS) is 12.5. The fourth-order valence-corrected chi connectivity index (χ4v) is 3.22. The number of nitrogens with zero attached hydrogens (tertiary/aromatic N) is 3. The van der Waals surface area contributed by atoms with E-state index in [0.29, 0.717) is 18.2 Å². The molecule has 0 amide bonds. The molecule has 3 aromatic rings. The van der Waals surface area contributed by atoms with Gasteiger partial charge < -0.3 is 15.8 Å². The molecule has 188 valence electrons. The highest BCUT2D eigenvalue weighted by Gasteiger charge is 2.41. The first-order valence-electron chi connectivity index (χ1n) is 10.3. The fourth-order valence-electron chi connectivity index (χ4n) is 3.22. The number of benzene rings is 1. The highest BCUT2D eigenvalue weighted by molar-refractivity contribution is 5.90. The molecule has 2 heterocycles. The molecule has 35 heavy (non-hydrogen) atoms. The second kappa shape index (κ2) is 9.84. The Morgan fingerprint density at radius 2 is 1.91 bits per heavy atom. The van der Waals surface area contributed by atoms with Gasteiger partial charge in [-0.25, -0.2) is 18.2 Å². The van der Waals surface area contributed by atoms with Crippen molar-refractivity contribution in [1.82, 2.24) is 14.8 Å². The van der Waals surface area contributed by atoms with Crippen LogP contribution in [0.4, 0.5) is 37.7 Å². The summed E-state index contributed by atoms with van der Waals surface area (Å²) in [6, 6.07) is 2.02. The molecule has 0 saturated heterocycles. The van der Waals surface area contributed by atoms with Crippen molar-refractivity contribution in [3.8, 4) is 17.1 Å². The first kappa shape index (κ1) is 25.8. The molecule has 0 aliphatic rings. The van der Waals surface area contributed by atoms with E-state index >= 15 is 4.39 Å². The molecule has 1 aromatic carbocycles. The van der Waals surface area contributed by atoms with Gasteiger partial charge in [-0.1, -0.05) is 6.92 Å². The summed E-state index contributed by atoms with van der Waals surface area (Å²) in [5.74, 6) is -6.16. The molecule has 2 aromatic heterocycles. The van der Waals surface area contributed by atoms with Crippen LogP contribution in [0.3, 0.4) is 0 Å². The Labute approximate surface area is 195 Å². The lowest BCUT2D eigenvalue weighted by molar-refractivity contribution is -0.139. The van der Waals surface area contributed by atoms with Crippen LogP contribution in [0.25, 0.3) is 11.3 Å². The third kappa shape index (κ3) is 5.17. The van der Waals surface area contributed by atoms with Crippen LogP contribution in [0, 0.1) is 17.5 Å². The molecular formula is C22H21F6N5O2. The second-order valence-electron chi connectivity index (χ2n) is 7.67. The number of carbonyl (C=O) groups excluding carboxylic acids is 1. The van der Waals surface area contributed by atoms with Crippen LogP contribution in [0.1, 0.15) is 41.9 Å². The first-order chi connectivity index (χ1) is 16.4. The summed E-state index contributed by atoms with van der Waals surface area (Å²) in [6.45, 7) is 3.20. The van der Waals surface area contributed by atoms with Gasteiger partial charge in [0.25, 0.3) is 0 Å². The molecule has 1 atom stereocenters. The molecule has 1 unspecified atom stereocenters. The van der Waals surface area contributed by atoms with Gasteiger partial charge in [-0.05, 0) is 25.5 Å².